The predicted octanol–water partition coefficient (Wildman–Crippen LogP) is 4.84. The monoisotopic (exact) mass is 332 g/mol. The Balaban J connectivity index is 1.67. The van der Waals surface area contributed by atoms with Crippen LogP contribution in [0, 0.1) is 5.92 Å². The molecule has 2 aliphatic rings. The smallest absolute Gasteiger partial charge is 0.112 e. The fraction of sp³-hybridized carbons (Fsp3) is 0.318. The molecule has 0 bridgehead atoms. The fourth-order valence-electron chi connectivity index (χ4n) is 3.75. The quantitative estimate of drug-likeness (QED) is 0.873. The minimum absolute atomic E-state index is 0.193. The summed E-state index contributed by atoms with van der Waals surface area (Å²) in [6.45, 7) is 2.09. The van der Waals surface area contributed by atoms with Gasteiger partial charge in [-0.15, -0.1) is 0 Å². The van der Waals surface area contributed by atoms with E-state index in [1.807, 2.05) is 30.3 Å². The first-order chi connectivity index (χ1) is 12.2. The van der Waals surface area contributed by atoms with E-state index in [2.05, 4.69) is 48.2 Å². The van der Waals surface area contributed by atoms with Gasteiger partial charge < -0.3 is 10.0 Å². The molecule has 0 aromatic heterocycles. The SMILES string of the molecule is CC1C=C(N2C(=Nc3ccccc3)CC2c2ccccc2)CCC1O. The summed E-state index contributed by atoms with van der Waals surface area (Å²) in [5.41, 5.74) is 3.63. The number of likely N-dealkylation sites (tertiary alicyclic amines) is 1. The van der Waals surface area contributed by atoms with E-state index in [1.165, 1.54) is 11.3 Å². The van der Waals surface area contributed by atoms with Crippen molar-refractivity contribution < 1.29 is 5.11 Å². The molecule has 0 radical (unpaired) electrons. The summed E-state index contributed by atoms with van der Waals surface area (Å²) in [5, 5.41) is 10.1. The van der Waals surface area contributed by atoms with Gasteiger partial charge in [0.1, 0.15) is 5.84 Å². The van der Waals surface area contributed by atoms with Gasteiger partial charge in [0.15, 0.2) is 0 Å². The van der Waals surface area contributed by atoms with Gasteiger partial charge >= 0.3 is 0 Å². The normalized spacial score (nSPS) is 27.8. The zero-order valence-electron chi connectivity index (χ0n) is 14.5. The molecule has 25 heavy (non-hydrogen) atoms. The van der Waals surface area contributed by atoms with Crippen LogP contribution in [-0.4, -0.2) is 21.9 Å². The number of aliphatic hydroxyl groups is 1. The standard InChI is InChI=1S/C22H24N2O/c1-16-14-19(12-13-21(16)25)24-20(17-8-4-2-5-9-17)15-22(24)23-18-10-6-3-7-11-18/h2-11,14,16,20-21,25H,12-13,15H2,1H3. The van der Waals surface area contributed by atoms with Gasteiger partial charge in [0.2, 0.25) is 0 Å². The van der Waals surface area contributed by atoms with Crippen molar-refractivity contribution in [2.45, 2.75) is 38.3 Å². The molecule has 3 atom stereocenters. The minimum atomic E-state index is -0.227. The molecule has 2 aromatic carbocycles. The van der Waals surface area contributed by atoms with E-state index in [0.29, 0.717) is 6.04 Å². The average Bonchev–Trinajstić information content (AvgIpc) is 2.63. The van der Waals surface area contributed by atoms with Crippen molar-refractivity contribution in [3.8, 4) is 0 Å². The molecule has 0 saturated carbocycles. The highest BCUT2D eigenvalue weighted by Gasteiger charge is 2.38. The molecule has 3 nitrogen and oxygen atoms in total. The largest absolute Gasteiger partial charge is 0.393 e. The van der Waals surface area contributed by atoms with Crippen molar-refractivity contribution in [3.05, 3.63) is 78.0 Å². The first kappa shape index (κ1) is 16.1. The highest BCUT2D eigenvalue weighted by molar-refractivity contribution is 5.92. The van der Waals surface area contributed by atoms with Crippen LogP contribution in [0.1, 0.15) is 37.8 Å². The van der Waals surface area contributed by atoms with Crippen molar-refractivity contribution in [1.82, 2.24) is 4.90 Å². The summed E-state index contributed by atoms with van der Waals surface area (Å²) in [7, 11) is 0. The molecule has 2 aromatic rings. The van der Waals surface area contributed by atoms with Crippen LogP contribution in [0.25, 0.3) is 0 Å². The van der Waals surface area contributed by atoms with Crippen molar-refractivity contribution in [1.29, 1.82) is 0 Å². The number of nitrogens with zero attached hydrogens (tertiary/aromatic N) is 2. The second kappa shape index (κ2) is 6.85. The van der Waals surface area contributed by atoms with E-state index < -0.39 is 0 Å². The van der Waals surface area contributed by atoms with Crippen LogP contribution in [0.2, 0.25) is 0 Å². The number of hydrogen-bond acceptors (Lipinski definition) is 2. The Kier molecular flexibility index (Phi) is 4.41. The van der Waals surface area contributed by atoms with Gasteiger partial charge in [-0.2, -0.15) is 0 Å². The first-order valence-electron chi connectivity index (χ1n) is 9.08. The van der Waals surface area contributed by atoms with E-state index in [-0.39, 0.29) is 12.0 Å². The molecule has 1 saturated heterocycles. The lowest BCUT2D eigenvalue weighted by molar-refractivity contribution is 0.114. The lowest BCUT2D eigenvalue weighted by atomic mass is 9.86. The maximum Gasteiger partial charge on any atom is 0.112 e. The molecule has 1 aliphatic heterocycles. The summed E-state index contributed by atoms with van der Waals surface area (Å²) >= 11 is 0. The van der Waals surface area contributed by atoms with E-state index in [0.717, 1.165) is 30.8 Å². The molecule has 4 rings (SSSR count). The predicted molar refractivity (Wildman–Crippen MR) is 102 cm³/mol. The Bertz CT molecular complexity index is 782. The summed E-state index contributed by atoms with van der Waals surface area (Å²) in [6.07, 6.45) is 4.68. The topological polar surface area (TPSA) is 35.8 Å². The van der Waals surface area contributed by atoms with Gasteiger partial charge in [0, 0.05) is 18.0 Å². The third-order valence-corrected chi connectivity index (χ3v) is 5.23. The second-order valence-corrected chi connectivity index (χ2v) is 6.99. The van der Waals surface area contributed by atoms with Crippen LogP contribution in [0.3, 0.4) is 0 Å². The van der Waals surface area contributed by atoms with E-state index in [4.69, 9.17) is 4.99 Å². The third-order valence-electron chi connectivity index (χ3n) is 5.23. The minimum Gasteiger partial charge on any atom is -0.393 e. The van der Waals surface area contributed by atoms with Crippen molar-refractivity contribution in [2.24, 2.45) is 10.9 Å². The lowest BCUT2D eigenvalue weighted by Gasteiger charge is -2.47. The summed E-state index contributed by atoms with van der Waals surface area (Å²) in [5.74, 6) is 1.31. The van der Waals surface area contributed by atoms with Crippen LogP contribution in [0.4, 0.5) is 5.69 Å². The van der Waals surface area contributed by atoms with Gasteiger partial charge in [0.05, 0.1) is 17.8 Å². The Labute approximate surface area is 149 Å². The number of allylic oxidation sites excluding steroid dienone is 1. The molecule has 1 aliphatic carbocycles. The van der Waals surface area contributed by atoms with E-state index in [1.54, 1.807) is 0 Å². The maximum absolute atomic E-state index is 10.1. The molecule has 0 spiro atoms. The van der Waals surface area contributed by atoms with Crippen LogP contribution in [0.5, 0.6) is 0 Å². The Hall–Kier alpha value is -2.39. The third kappa shape index (κ3) is 3.24. The summed E-state index contributed by atoms with van der Waals surface area (Å²) in [6, 6.07) is 21.1. The lowest BCUT2D eigenvalue weighted by Crippen LogP contribution is -2.46. The Morgan fingerprint density at radius 2 is 1.68 bits per heavy atom. The van der Waals surface area contributed by atoms with Crippen LogP contribution in [0.15, 0.2) is 77.4 Å². The number of aliphatic hydroxyl groups excluding tert-OH is 1. The van der Waals surface area contributed by atoms with Crippen LogP contribution < -0.4 is 0 Å². The fourth-order valence-corrected chi connectivity index (χ4v) is 3.75. The van der Waals surface area contributed by atoms with Crippen molar-refractivity contribution in [2.75, 3.05) is 0 Å². The number of amidine groups is 1. The number of hydrogen-bond donors (Lipinski definition) is 1. The summed E-state index contributed by atoms with van der Waals surface area (Å²) in [4.78, 5) is 7.26. The molecule has 3 heteroatoms. The number of benzene rings is 2. The highest BCUT2D eigenvalue weighted by atomic mass is 16.3. The van der Waals surface area contributed by atoms with Crippen molar-refractivity contribution in [3.63, 3.8) is 0 Å². The molecule has 1 fully saturated rings. The number of para-hydroxylation sites is 1. The molecule has 1 N–H and O–H groups in total. The first-order valence-corrected chi connectivity index (χ1v) is 9.08. The van der Waals surface area contributed by atoms with Gasteiger partial charge in [-0.3, -0.25) is 0 Å². The van der Waals surface area contributed by atoms with Crippen LogP contribution in [-0.2, 0) is 0 Å². The zero-order valence-corrected chi connectivity index (χ0v) is 14.5. The van der Waals surface area contributed by atoms with Gasteiger partial charge in [-0.05, 0) is 30.5 Å². The molecular formula is C22H24N2O. The molecular weight excluding hydrogens is 308 g/mol. The average molecular weight is 332 g/mol. The summed E-state index contributed by atoms with van der Waals surface area (Å²) < 4.78 is 0. The number of aliphatic imine (C=N–C) groups is 1. The molecule has 128 valence electrons. The van der Waals surface area contributed by atoms with Gasteiger partial charge in [0.25, 0.3) is 0 Å². The van der Waals surface area contributed by atoms with E-state index >= 15 is 0 Å². The Morgan fingerprint density at radius 3 is 2.36 bits per heavy atom. The highest BCUT2D eigenvalue weighted by Crippen LogP contribution is 2.42. The van der Waals surface area contributed by atoms with Gasteiger partial charge in [-0.1, -0.05) is 61.5 Å². The molecule has 3 unspecified atom stereocenters. The van der Waals surface area contributed by atoms with Crippen molar-refractivity contribution >= 4 is 11.5 Å². The zero-order chi connectivity index (χ0) is 17.2. The van der Waals surface area contributed by atoms with Gasteiger partial charge in [-0.25, -0.2) is 4.99 Å². The maximum atomic E-state index is 10.1. The Morgan fingerprint density at radius 1 is 1.00 bits per heavy atom. The van der Waals surface area contributed by atoms with E-state index in [9.17, 15) is 5.11 Å². The second-order valence-electron chi connectivity index (χ2n) is 6.99. The number of rotatable bonds is 3. The van der Waals surface area contributed by atoms with Crippen LogP contribution >= 0.6 is 0 Å². The molecule has 1 heterocycles. The molecule has 0 amide bonds.